The summed E-state index contributed by atoms with van der Waals surface area (Å²) < 4.78 is 16.4. The average molecular weight is 340 g/mol. The van der Waals surface area contributed by atoms with Gasteiger partial charge in [0.2, 0.25) is 0 Å². The van der Waals surface area contributed by atoms with E-state index in [0.29, 0.717) is 50.0 Å². The van der Waals surface area contributed by atoms with E-state index in [2.05, 4.69) is 0 Å². The maximum atomic E-state index is 12.4. The van der Waals surface area contributed by atoms with Crippen LogP contribution in [0.4, 0.5) is 0 Å². The van der Waals surface area contributed by atoms with Crippen molar-refractivity contribution in [2.75, 3.05) is 26.3 Å². The molecule has 128 valence electrons. The minimum absolute atomic E-state index is 0.0195. The van der Waals surface area contributed by atoms with Crippen LogP contribution in [0.1, 0.15) is 15.9 Å². The monoisotopic (exact) mass is 340 g/mol. The quantitative estimate of drug-likeness (QED) is 0.615. The van der Waals surface area contributed by atoms with Gasteiger partial charge in [0.1, 0.15) is 11.5 Å². The van der Waals surface area contributed by atoms with Crippen LogP contribution in [-0.2, 0) is 16.0 Å². The normalized spacial score (nSPS) is 16.7. The van der Waals surface area contributed by atoms with Gasteiger partial charge in [-0.25, -0.2) is 0 Å². The second-order valence-corrected chi connectivity index (χ2v) is 6.08. The molecule has 2 aliphatic rings. The van der Waals surface area contributed by atoms with Gasteiger partial charge in [0.15, 0.2) is 0 Å². The molecule has 1 fully saturated rings. The Labute approximate surface area is 146 Å². The third-order valence-corrected chi connectivity index (χ3v) is 4.44. The summed E-state index contributed by atoms with van der Waals surface area (Å²) in [5.41, 5.74) is 2.52. The van der Waals surface area contributed by atoms with Gasteiger partial charge in [-0.2, -0.15) is 0 Å². The van der Waals surface area contributed by atoms with Crippen LogP contribution in [0.25, 0.3) is 0 Å². The van der Waals surface area contributed by atoms with E-state index in [-0.39, 0.29) is 5.91 Å². The SMILES string of the molecule is O=C(c1ccc(Oc2ccc3c(c2)COB3[OH2+])cc1)N1CCOCC1. The predicted molar refractivity (Wildman–Crippen MR) is 93.5 cm³/mol. The van der Waals surface area contributed by atoms with E-state index in [1.54, 1.807) is 29.2 Å². The molecule has 7 heteroatoms. The number of hydrogen-bond acceptors (Lipinski definition) is 4. The fourth-order valence-corrected chi connectivity index (χ4v) is 3.04. The van der Waals surface area contributed by atoms with Gasteiger partial charge < -0.3 is 24.1 Å². The second kappa shape index (κ2) is 6.88. The van der Waals surface area contributed by atoms with Crippen molar-refractivity contribution in [3.63, 3.8) is 0 Å². The van der Waals surface area contributed by atoms with E-state index in [0.717, 1.165) is 11.0 Å². The molecular weight excluding hydrogens is 321 g/mol. The van der Waals surface area contributed by atoms with Crippen molar-refractivity contribution < 1.29 is 23.9 Å². The molecule has 0 spiro atoms. The van der Waals surface area contributed by atoms with Crippen molar-refractivity contribution in [3.05, 3.63) is 53.6 Å². The number of nitrogens with zero attached hydrogens (tertiary/aromatic N) is 1. The van der Waals surface area contributed by atoms with E-state index < -0.39 is 7.12 Å². The Kier molecular flexibility index (Phi) is 4.44. The Morgan fingerprint density at radius 1 is 1.08 bits per heavy atom. The molecule has 4 rings (SSSR count). The van der Waals surface area contributed by atoms with E-state index >= 15 is 0 Å². The Balaban J connectivity index is 1.45. The number of fused-ring (bicyclic) bond motifs is 1. The van der Waals surface area contributed by atoms with Crippen LogP contribution in [-0.4, -0.2) is 49.3 Å². The molecule has 0 radical (unpaired) electrons. The van der Waals surface area contributed by atoms with Gasteiger partial charge in [-0.15, -0.1) is 0 Å². The molecule has 0 bridgehead atoms. The summed E-state index contributed by atoms with van der Waals surface area (Å²) >= 11 is 0. The summed E-state index contributed by atoms with van der Waals surface area (Å²) in [7, 11) is -0.602. The Bertz CT molecular complexity index is 774. The largest absolute Gasteiger partial charge is 0.731 e. The van der Waals surface area contributed by atoms with Crippen LogP contribution in [0.3, 0.4) is 0 Å². The van der Waals surface area contributed by atoms with Crippen LogP contribution < -0.4 is 10.2 Å². The van der Waals surface area contributed by atoms with Crippen molar-refractivity contribution in [2.24, 2.45) is 0 Å². The average Bonchev–Trinajstić information content (AvgIpc) is 3.03. The molecule has 6 nitrogen and oxygen atoms in total. The summed E-state index contributed by atoms with van der Waals surface area (Å²) in [5, 5.41) is 7.75. The molecule has 2 aromatic carbocycles. The summed E-state index contributed by atoms with van der Waals surface area (Å²) in [6.45, 7) is 2.88. The van der Waals surface area contributed by atoms with Crippen molar-refractivity contribution in [3.8, 4) is 11.5 Å². The van der Waals surface area contributed by atoms with E-state index in [1.165, 1.54) is 0 Å². The first-order chi connectivity index (χ1) is 12.2. The molecule has 0 aliphatic carbocycles. The minimum atomic E-state index is -0.602. The lowest BCUT2D eigenvalue weighted by Gasteiger charge is -2.26. The van der Waals surface area contributed by atoms with Gasteiger partial charge in [-0.3, -0.25) is 4.79 Å². The van der Waals surface area contributed by atoms with Crippen LogP contribution in [0.15, 0.2) is 42.5 Å². The molecule has 1 saturated heterocycles. The van der Waals surface area contributed by atoms with Crippen molar-refractivity contribution in [1.29, 1.82) is 0 Å². The lowest BCUT2D eigenvalue weighted by molar-refractivity contribution is 0.0303. The summed E-state index contributed by atoms with van der Waals surface area (Å²) in [5.74, 6) is 1.38. The van der Waals surface area contributed by atoms with Gasteiger partial charge in [0.05, 0.1) is 25.3 Å². The fourth-order valence-electron chi connectivity index (χ4n) is 3.04. The maximum absolute atomic E-state index is 12.4. The summed E-state index contributed by atoms with van der Waals surface area (Å²) in [6, 6.07) is 12.8. The molecule has 0 unspecified atom stereocenters. The van der Waals surface area contributed by atoms with E-state index in [4.69, 9.17) is 19.2 Å². The van der Waals surface area contributed by atoms with Crippen molar-refractivity contribution in [1.82, 2.24) is 4.90 Å². The predicted octanol–water partition coefficient (Wildman–Crippen LogP) is 0.901. The smallest absolute Gasteiger partial charge is 0.522 e. The molecule has 2 N–H and O–H groups in total. The fraction of sp³-hybridized carbons (Fsp3) is 0.278. The zero-order chi connectivity index (χ0) is 17.2. The Hall–Kier alpha value is -2.35. The number of ether oxygens (including phenoxy) is 2. The first-order valence-corrected chi connectivity index (χ1v) is 8.31. The number of hydrogen-bond donors (Lipinski definition) is 0. The van der Waals surface area contributed by atoms with E-state index in [1.807, 2.05) is 18.2 Å². The van der Waals surface area contributed by atoms with Crippen LogP contribution >= 0.6 is 0 Å². The highest BCUT2D eigenvalue weighted by atomic mass is 16.5. The molecule has 25 heavy (non-hydrogen) atoms. The van der Waals surface area contributed by atoms with Gasteiger partial charge in [-0.1, -0.05) is 6.07 Å². The molecular formula is C18H19BNO5+. The zero-order valence-electron chi connectivity index (χ0n) is 13.7. The molecule has 2 aromatic rings. The number of morpholine rings is 1. The highest BCUT2D eigenvalue weighted by Crippen LogP contribution is 2.24. The molecule has 0 saturated carbocycles. The zero-order valence-corrected chi connectivity index (χ0v) is 13.7. The highest BCUT2D eigenvalue weighted by molar-refractivity contribution is 6.61. The lowest BCUT2D eigenvalue weighted by atomic mass is 9.80. The standard InChI is InChI=1S/C18H18BNO5/c21-18(20-7-9-23-10-8-20)13-1-3-15(4-2-13)25-16-5-6-17-14(11-16)12-24-19(17)22/h1-6,11,22H,7-10,12H2/p+1. The number of benzene rings is 2. The van der Waals surface area contributed by atoms with Gasteiger partial charge >= 0.3 is 7.12 Å². The number of carbonyl (C=O) groups excluding carboxylic acids is 1. The minimum Gasteiger partial charge on any atom is -0.522 e. The lowest BCUT2D eigenvalue weighted by Crippen LogP contribution is -2.40. The summed E-state index contributed by atoms with van der Waals surface area (Å²) in [6.07, 6.45) is 0. The van der Waals surface area contributed by atoms with Crippen molar-refractivity contribution in [2.45, 2.75) is 6.61 Å². The first-order valence-electron chi connectivity index (χ1n) is 8.31. The van der Waals surface area contributed by atoms with Crippen molar-refractivity contribution >= 4 is 18.5 Å². The third-order valence-electron chi connectivity index (χ3n) is 4.44. The molecule has 0 atom stereocenters. The molecule has 2 aliphatic heterocycles. The van der Waals surface area contributed by atoms with Crippen LogP contribution in [0.2, 0.25) is 0 Å². The van der Waals surface area contributed by atoms with Gasteiger partial charge in [0.25, 0.3) is 5.91 Å². The van der Waals surface area contributed by atoms with E-state index in [9.17, 15) is 4.79 Å². The van der Waals surface area contributed by atoms with Gasteiger partial charge in [-0.05, 0) is 42.0 Å². The Morgan fingerprint density at radius 2 is 1.80 bits per heavy atom. The second-order valence-electron chi connectivity index (χ2n) is 6.08. The highest BCUT2D eigenvalue weighted by Gasteiger charge is 2.36. The van der Waals surface area contributed by atoms with Gasteiger partial charge in [0, 0.05) is 18.7 Å². The number of amides is 1. The number of rotatable bonds is 3. The topological polar surface area (TPSA) is 70.9 Å². The Morgan fingerprint density at radius 3 is 2.56 bits per heavy atom. The summed E-state index contributed by atoms with van der Waals surface area (Å²) in [4.78, 5) is 14.2. The van der Waals surface area contributed by atoms with Crippen LogP contribution in [0.5, 0.6) is 11.5 Å². The molecule has 1 amide bonds. The maximum Gasteiger partial charge on any atom is 0.731 e. The first kappa shape index (κ1) is 16.1. The number of carbonyl (C=O) groups is 1. The van der Waals surface area contributed by atoms with Crippen LogP contribution in [0, 0.1) is 0 Å². The molecule has 2 heterocycles. The third kappa shape index (κ3) is 3.39. The molecule has 0 aromatic heterocycles.